The lowest BCUT2D eigenvalue weighted by Gasteiger charge is -2.48. The van der Waals surface area contributed by atoms with E-state index < -0.39 is 34.6 Å². The van der Waals surface area contributed by atoms with E-state index in [1.54, 1.807) is 44.7 Å². The summed E-state index contributed by atoms with van der Waals surface area (Å²) in [5, 5.41) is -0.668. The third-order valence-electron chi connectivity index (χ3n) is 7.78. The molecule has 0 aliphatic heterocycles. The summed E-state index contributed by atoms with van der Waals surface area (Å²) in [6.45, 7) is 7.82. The molecule has 1 saturated carbocycles. The number of benzene rings is 2. The van der Waals surface area contributed by atoms with Gasteiger partial charge in [-0.15, -0.1) is 35.3 Å². The van der Waals surface area contributed by atoms with Crippen molar-refractivity contribution >= 4 is 69.5 Å². The minimum Gasteiger partial charge on any atom is -0.497 e. The van der Waals surface area contributed by atoms with Gasteiger partial charge in [0.2, 0.25) is 5.78 Å². The number of carbonyl (C=O) groups excluding carboxylic acids is 4. The highest BCUT2D eigenvalue weighted by molar-refractivity contribution is 8.22. The lowest BCUT2D eigenvalue weighted by molar-refractivity contribution is -0.133. The van der Waals surface area contributed by atoms with E-state index in [1.807, 2.05) is 55.5 Å². The third kappa shape index (κ3) is 6.73. The van der Waals surface area contributed by atoms with Crippen LogP contribution in [0.1, 0.15) is 50.7 Å². The molecular formula is C34H38O6S4. The van der Waals surface area contributed by atoms with Gasteiger partial charge in [-0.1, -0.05) is 63.7 Å². The van der Waals surface area contributed by atoms with Gasteiger partial charge in [0.05, 0.1) is 25.7 Å². The van der Waals surface area contributed by atoms with Crippen LogP contribution >= 0.6 is 47.0 Å². The number of ketones is 3. The van der Waals surface area contributed by atoms with Gasteiger partial charge in [0.1, 0.15) is 11.5 Å². The largest absolute Gasteiger partial charge is 0.497 e. The van der Waals surface area contributed by atoms with E-state index in [0.717, 1.165) is 38.6 Å². The molecule has 10 heteroatoms. The summed E-state index contributed by atoms with van der Waals surface area (Å²) in [7, 11) is 3.18. The van der Waals surface area contributed by atoms with Crippen molar-refractivity contribution in [3.63, 3.8) is 0 Å². The molecule has 234 valence electrons. The van der Waals surface area contributed by atoms with E-state index in [2.05, 4.69) is 13.8 Å². The van der Waals surface area contributed by atoms with Crippen molar-refractivity contribution in [3.05, 3.63) is 79.9 Å². The van der Waals surface area contributed by atoms with Crippen molar-refractivity contribution in [2.75, 3.05) is 37.2 Å². The highest BCUT2D eigenvalue weighted by Crippen LogP contribution is 2.60. The smallest absolute Gasteiger partial charge is 0.260 e. The van der Waals surface area contributed by atoms with Crippen LogP contribution in [0.3, 0.4) is 0 Å². The number of hydrogen-bond donors (Lipinski definition) is 0. The van der Waals surface area contributed by atoms with Gasteiger partial charge in [-0.05, 0) is 58.4 Å². The molecule has 2 aliphatic carbocycles. The topological polar surface area (TPSA) is 86.7 Å². The minimum absolute atomic E-state index is 0.0934. The maximum atomic E-state index is 15.1. The number of ether oxygens (including phenoxy) is 2. The zero-order valence-corrected chi connectivity index (χ0v) is 29.1. The summed E-state index contributed by atoms with van der Waals surface area (Å²) in [4.78, 5) is 57.2. The molecule has 0 spiro atoms. The van der Waals surface area contributed by atoms with Gasteiger partial charge in [0, 0.05) is 32.5 Å². The number of thioether (sulfide) groups is 4. The highest BCUT2D eigenvalue weighted by atomic mass is 32.2. The molecule has 0 radical (unpaired) electrons. The molecule has 2 aromatic rings. The van der Waals surface area contributed by atoms with E-state index >= 15 is 4.79 Å². The van der Waals surface area contributed by atoms with Crippen molar-refractivity contribution in [1.82, 2.24) is 0 Å². The average Bonchev–Trinajstić information content (AvgIpc) is 3.03. The van der Waals surface area contributed by atoms with E-state index in [-0.39, 0.29) is 17.1 Å². The van der Waals surface area contributed by atoms with Crippen molar-refractivity contribution in [2.45, 2.75) is 39.5 Å². The molecule has 0 N–H and O–H groups in total. The van der Waals surface area contributed by atoms with Gasteiger partial charge in [-0.3, -0.25) is 19.2 Å². The van der Waals surface area contributed by atoms with Crippen LogP contribution in [0.5, 0.6) is 11.5 Å². The van der Waals surface area contributed by atoms with Crippen LogP contribution in [-0.4, -0.2) is 59.7 Å². The molecule has 1 fully saturated rings. The van der Waals surface area contributed by atoms with Crippen molar-refractivity contribution in [3.8, 4) is 11.5 Å². The van der Waals surface area contributed by atoms with Crippen LogP contribution in [0.2, 0.25) is 0 Å². The molecule has 0 heterocycles. The number of fused-ring (bicyclic) bond motifs is 2. The Morgan fingerprint density at radius 2 is 1.18 bits per heavy atom. The zero-order valence-electron chi connectivity index (χ0n) is 25.8. The predicted molar refractivity (Wildman–Crippen MR) is 185 cm³/mol. The molecule has 2 aliphatic rings. The number of rotatable bonds is 13. The lowest BCUT2D eigenvalue weighted by Crippen LogP contribution is -2.49. The van der Waals surface area contributed by atoms with Crippen LogP contribution in [-0.2, 0) is 19.2 Å². The Labute approximate surface area is 276 Å². The van der Waals surface area contributed by atoms with Crippen molar-refractivity contribution in [1.29, 1.82) is 0 Å². The number of Topliss-reactive ketones (excluding diaryl/α,β-unsaturated/α-hetero) is 3. The summed E-state index contributed by atoms with van der Waals surface area (Å²) in [6.07, 6.45) is 0. The molecular weight excluding hydrogens is 633 g/mol. The quantitative estimate of drug-likeness (QED) is 0.121. The van der Waals surface area contributed by atoms with Crippen LogP contribution in [0.15, 0.2) is 68.8 Å². The van der Waals surface area contributed by atoms with Gasteiger partial charge >= 0.3 is 0 Å². The Hall–Kier alpha value is -2.40. The van der Waals surface area contributed by atoms with Gasteiger partial charge in [0.15, 0.2) is 11.6 Å². The van der Waals surface area contributed by atoms with E-state index in [4.69, 9.17) is 9.47 Å². The van der Waals surface area contributed by atoms with Crippen molar-refractivity contribution < 1.29 is 28.7 Å². The number of hydrogen-bond acceptors (Lipinski definition) is 10. The van der Waals surface area contributed by atoms with Crippen molar-refractivity contribution in [2.24, 2.45) is 11.8 Å². The molecule has 4 rings (SSSR count). The lowest BCUT2D eigenvalue weighted by atomic mass is 9.55. The molecule has 44 heavy (non-hydrogen) atoms. The van der Waals surface area contributed by atoms with Crippen LogP contribution < -0.4 is 9.47 Å². The standard InChI is InChI=1S/C34H38O6S4/c1-7-41-32-26-23(19-11-15-21(39-5)16-12-19)25(29(35)28(32)31(37)33(38)42-8-2)24(20-13-17-22(40-6)18-14-20)27(30(26)36)34(43-9-3)44-10-4/h11-18,23-26H,7-10H2,1-6H3/t23-,24+,25-,26+/m1/s1. The second kappa shape index (κ2) is 15.7. The Morgan fingerprint density at radius 3 is 1.66 bits per heavy atom. The summed E-state index contributed by atoms with van der Waals surface area (Å²) in [5.41, 5.74) is 2.13. The highest BCUT2D eigenvalue weighted by Gasteiger charge is 2.58. The van der Waals surface area contributed by atoms with Crippen LogP contribution in [0.25, 0.3) is 0 Å². The first-order valence-electron chi connectivity index (χ1n) is 14.7. The SMILES string of the molecule is CCSC(=O)C(=O)C1=C(SCC)[C@@H]2C(=O)C(=C(SCC)SCC)[C@@H](c3ccc(OC)cc3)[C@H](C1=O)[C@H]2c1ccc(OC)cc1. The summed E-state index contributed by atoms with van der Waals surface area (Å²) in [5.74, 6) is -0.178. The number of allylic oxidation sites excluding steroid dienone is 3. The molecule has 6 nitrogen and oxygen atoms in total. The fourth-order valence-corrected chi connectivity index (χ4v) is 9.96. The van der Waals surface area contributed by atoms with E-state index in [0.29, 0.717) is 33.5 Å². The molecule has 0 saturated heterocycles. The Morgan fingerprint density at radius 1 is 0.659 bits per heavy atom. The Balaban J connectivity index is 2.11. The second-order valence-corrected chi connectivity index (χ2v) is 15.4. The zero-order chi connectivity index (χ0) is 32.0. The third-order valence-corrected chi connectivity index (χ3v) is 11.8. The molecule has 2 aromatic carbocycles. The summed E-state index contributed by atoms with van der Waals surface area (Å²) in [6, 6.07) is 15.0. The van der Waals surface area contributed by atoms with Gasteiger partial charge < -0.3 is 9.47 Å². The van der Waals surface area contributed by atoms with Gasteiger partial charge in [-0.25, -0.2) is 0 Å². The first-order chi connectivity index (χ1) is 21.3. The molecule has 0 amide bonds. The molecule has 4 atom stereocenters. The maximum Gasteiger partial charge on any atom is 0.260 e. The Bertz CT molecular complexity index is 1450. The molecule has 0 aromatic heterocycles. The molecule has 2 bridgehead atoms. The molecule has 0 unspecified atom stereocenters. The fraction of sp³-hybridized carbons (Fsp3) is 0.412. The van der Waals surface area contributed by atoms with E-state index in [9.17, 15) is 14.4 Å². The van der Waals surface area contributed by atoms with E-state index in [1.165, 1.54) is 11.8 Å². The van der Waals surface area contributed by atoms with Gasteiger partial charge in [0.25, 0.3) is 5.12 Å². The average molecular weight is 671 g/mol. The first-order valence-corrected chi connectivity index (χ1v) is 18.7. The first kappa shape index (κ1) is 34.5. The summed E-state index contributed by atoms with van der Waals surface area (Å²) < 4.78 is 11.7. The van der Waals surface area contributed by atoms with Crippen LogP contribution in [0.4, 0.5) is 0 Å². The normalized spacial score (nSPS) is 21.4. The monoisotopic (exact) mass is 670 g/mol. The van der Waals surface area contributed by atoms with Crippen LogP contribution in [0, 0.1) is 11.8 Å². The summed E-state index contributed by atoms with van der Waals surface area (Å²) >= 11 is 5.45. The minimum atomic E-state index is -0.805. The van der Waals surface area contributed by atoms with Gasteiger partial charge in [-0.2, -0.15) is 0 Å². The predicted octanol–water partition coefficient (Wildman–Crippen LogP) is 7.54. The number of methoxy groups -OCH3 is 2. The fourth-order valence-electron chi connectivity index (χ4n) is 6.06. The Kier molecular flexibility index (Phi) is 12.3. The second-order valence-electron chi connectivity index (χ2n) is 10.1. The number of carbonyl (C=O) groups is 4. The maximum absolute atomic E-state index is 15.1.